The van der Waals surface area contributed by atoms with E-state index in [2.05, 4.69) is 52.2 Å². The maximum absolute atomic E-state index is 14.0. The van der Waals surface area contributed by atoms with Crippen LogP contribution in [0.2, 0.25) is 5.02 Å². The van der Waals surface area contributed by atoms with Gasteiger partial charge in [-0.25, -0.2) is 26.5 Å². The van der Waals surface area contributed by atoms with E-state index in [0.717, 1.165) is 55.6 Å². The van der Waals surface area contributed by atoms with Crippen LogP contribution in [0, 0.1) is 11.3 Å². The lowest BCUT2D eigenvalue weighted by Gasteiger charge is -2.36. The smallest absolute Gasteiger partial charge is 0.455 e. The second-order valence-electron chi connectivity index (χ2n) is 17.5. The topological polar surface area (TPSA) is 160 Å². The van der Waals surface area contributed by atoms with Crippen LogP contribution in [0.1, 0.15) is 73.9 Å². The highest BCUT2D eigenvalue weighted by atomic mass is 35.5. The molecule has 0 radical (unpaired) electrons. The lowest BCUT2D eigenvalue weighted by molar-refractivity contribution is -0.0435. The van der Waals surface area contributed by atoms with Gasteiger partial charge in [0.15, 0.2) is 0 Å². The molecule has 1 saturated heterocycles. The predicted octanol–water partition coefficient (Wildman–Crippen LogP) is 10.0. The Hall–Kier alpha value is -5.20. The second kappa shape index (κ2) is 18.6. The van der Waals surface area contributed by atoms with Crippen LogP contribution in [0.15, 0.2) is 107 Å². The number of amides is 1. The minimum absolute atomic E-state index is 0.00697. The number of sulfonamides is 1. The van der Waals surface area contributed by atoms with Gasteiger partial charge in [0.2, 0.25) is 0 Å². The van der Waals surface area contributed by atoms with Crippen LogP contribution >= 0.6 is 11.6 Å². The van der Waals surface area contributed by atoms with E-state index in [1.165, 1.54) is 29.0 Å². The van der Waals surface area contributed by atoms with Crippen molar-refractivity contribution in [1.29, 1.82) is 0 Å². The van der Waals surface area contributed by atoms with E-state index in [0.29, 0.717) is 61.1 Å². The van der Waals surface area contributed by atoms with Crippen LogP contribution in [-0.2, 0) is 24.6 Å². The minimum Gasteiger partial charge on any atom is -0.455 e. The average Bonchev–Trinajstić information content (AvgIpc) is 3.75. The molecule has 1 aliphatic carbocycles. The number of H-pyrrole nitrogens is 1. The van der Waals surface area contributed by atoms with Gasteiger partial charge in [0, 0.05) is 56.0 Å². The van der Waals surface area contributed by atoms with Crippen LogP contribution in [0.4, 0.5) is 18.9 Å². The highest BCUT2D eigenvalue weighted by Crippen LogP contribution is 2.44. The Kier molecular flexibility index (Phi) is 13.3. The maximum Gasteiger partial charge on any atom is 0.501 e. The van der Waals surface area contributed by atoms with Crippen molar-refractivity contribution in [1.82, 2.24) is 19.6 Å². The summed E-state index contributed by atoms with van der Waals surface area (Å²) in [6.45, 7) is 7.87. The van der Waals surface area contributed by atoms with Crippen molar-refractivity contribution < 1.29 is 44.3 Å². The van der Waals surface area contributed by atoms with E-state index in [9.17, 15) is 34.8 Å². The number of nitrogens with zero attached hydrogens (tertiary/aromatic N) is 2. The number of benzene rings is 3. The first-order chi connectivity index (χ1) is 30.8. The van der Waals surface area contributed by atoms with Crippen LogP contribution in [0.25, 0.3) is 22.2 Å². The molecule has 0 saturated carbocycles. The number of aromatic amines is 1. The Morgan fingerprint density at radius 1 is 0.985 bits per heavy atom. The lowest BCUT2D eigenvalue weighted by Crippen LogP contribution is -2.32. The molecule has 0 atom stereocenters. The van der Waals surface area contributed by atoms with Gasteiger partial charge in [-0.15, -0.1) is 0 Å². The van der Waals surface area contributed by atoms with Crippen molar-refractivity contribution in [2.45, 2.75) is 67.7 Å². The summed E-state index contributed by atoms with van der Waals surface area (Å²) in [6.07, 6.45) is 10.2. The van der Waals surface area contributed by atoms with E-state index < -0.39 is 46.8 Å². The summed E-state index contributed by atoms with van der Waals surface area (Å²) in [5.74, 6) is -0.923. The SMILES string of the molecule is CC1(C)CCC(CN2CC=C(c3ccc(C(=O)NS(=O)(=O)c4ccc(NCC5CCOCC5)c(S(=O)(=O)C(F)(F)F)c4)c(Oc4cnc5[nH]ccc5c4)c3)CC2)=C(c2ccc(Cl)cc2)C1. The van der Waals surface area contributed by atoms with Gasteiger partial charge in [-0.1, -0.05) is 55.3 Å². The van der Waals surface area contributed by atoms with Crippen molar-refractivity contribution in [3.8, 4) is 11.5 Å². The number of nitrogens with one attached hydrogen (secondary N) is 3. The number of rotatable bonds is 13. The number of pyridine rings is 1. The summed E-state index contributed by atoms with van der Waals surface area (Å²) < 4.78 is 108. The number of halogens is 4. The number of hydrogen-bond acceptors (Lipinski definition) is 10. The number of allylic oxidation sites excluding steroid dienone is 1. The van der Waals surface area contributed by atoms with Crippen molar-refractivity contribution in [3.63, 3.8) is 0 Å². The molecule has 0 spiro atoms. The number of hydrogen-bond donors (Lipinski definition) is 3. The van der Waals surface area contributed by atoms with E-state index in [4.69, 9.17) is 21.1 Å². The van der Waals surface area contributed by atoms with E-state index in [1.807, 2.05) is 16.9 Å². The van der Waals surface area contributed by atoms with E-state index in [-0.39, 0.29) is 34.9 Å². The summed E-state index contributed by atoms with van der Waals surface area (Å²) >= 11 is 6.22. The number of carbonyl (C=O) groups is 1. The summed E-state index contributed by atoms with van der Waals surface area (Å²) in [7, 11) is -11.0. The third-order valence-electron chi connectivity index (χ3n) is 12.3. The van der Waals surface area contributed by atoms with Gasteiger partial charge < -0.3 is 19.8 Å². The number of anilines is 1. The van der Waals surface area contributed by atoms with Crippen LogP contribution in [0.3, 0.4) is 0 Å². The molecular formula is C47H49ClF3N5O7S2. The van der Waals surface area contributed by atoms with Gasteiger partial charge in [-0.2, -0.15) is 13.2 Å². The standard InChI is InChI=1S/C47H49ClF3N5O7S2/c1-46(2)17-11-35(40(26-46)32-3-6-36(48)7-4-32)29-56-19-13-31(14-20-56)33-5-9-39(42(24-33)63-37-23-34-12-18-52-44(34)54-28-37)45(57)55-65(60,61)38-8-10-41(53-27-30-15-21-62-22-16-30)43(25-38)64(58,59)47(49,50)51/h3-10,12-13,18,23-25,28,30,53H,11,14-17,19-22,26-27,29H2,1-2H3,(H,52,54)(H,55,57). The molecule has 0 bridgehead atoms. The Bertz CT molecular complexity index is 2890. The van der Waals surface area contributed by atoms with Gasteiger partial charge in [-0.3, -0.25) is 9.69 Å². The monoisotopic (exact) mass is 951 g/mol. The number of sulfone groups is 1. The second-order valence-corrected chi connectivity index (χ2v) is 21.6. The fourth-order valence-electron chi connectivity index (χ4n) is 8.55. The normalized spacial score (nSPS) is 17.8. The Balaban J connectivity index is 1.06. The van der Waals surface area contributed by atoms with Gasteiger partial charge in [0.25, 0.3) is 25.8 Å². The summed E-state index contributed by atoms with van der Waals surface area (Å²) in [6, 6.07) is 18.6. The molecule has 65 heavy (non-hydrogen) atoms. The third-order valence-corrected chi connectivity index (χ3v) is 15.4. The molecule has 4 heterocycles. The van der Waals surface area contributed by atoms with E-state index in [1.54, 1.807) is 30.5 Å². The number of carbonyl (C=O) groups excluding carboxylic acids is 1. The molecule has 344 valence electrons. The average molecular weight is 953 g/mol. The zero-order valence-corrected chi connectivity index (χ0v) is 38.2. The molecule has 2 aromatic heterocycles. The Morgan fingerprint density at radius 2 is 1.74 bits per heavy atom. The first-order valence-electron chi connectivity index (χ1n) is 21.3. The highest BCUT2D eigenvalue weighted by Gasteiger charge is 2.48. The van der Waals surface area contributed by atoms with Crippen LogP contribution in [-0.4, -0.2) is 82.5 Å². The number of fused-ring (bicyclic) bond motifs is 1. The molecule has 18 heteroatoms. The van der Waals surface area contributed by atoms with Crippen molar-refractivity contribution >= 4 is 65.2 Å². The Morgan fingerprint density at radius 3 is 2.46 bits per heavy atom. The molecule has 5 aromatic rings. The molecule has 3 aliphatic rings. The van der Waals surface area contributed by atoms with Gasteiger partial charge in [0.1, 0.15) is 22.0 Å². The fourth-order valence-corrected chi connectivity index (χ4v) is 10.7. The molecule has 12 nitrogen and oxygen atoms in total. The minimum atomic E-state index is -6.03. The first kappa shape index (κ1) is 46.3. The summed E-state index contributed by atoms with van der Waals surface area (Å²) in [5.41, 5.74) is 0.100. The lowest BCUT2D eigenvalue weighted by atomic mass is 9.72. The van der Waals surface area contributed by atoms with Crippen molar-refractivity contribution in [2.75, 3.05) is 44.7 Å². The molecule has 3 aromatic carbocycles. The molecular weight excluding hydrogens is 903 g/mol. The third kappa shape index (κ3) is 10.6. The van der Waals surface area contributed by atoms with Crippen LogP contribution < -0.4 is 14.8 Å². The molecule has 1 fully saturated rings. The first-order valence-corrected chi connectivity index (χ1v) is 24.7. The molecule has 3 N–H and O–H groups in total. The molecule has 0 unspecified atom stereocenters. The van der Waals surface area contributed by atoms with Crippen molar-refractivity contribution in [3.05, 3.63) is 119 Å². The quantitative estimate of drug-likeness (QED) is 0.104. The summed E-state index contributed by atoms with van der Waals surface area (Å²) in [5, 5.41) is 4.17. The number of ether oxygens (including phenoxy) is 2. The summed E-state index contributed by atoms with van der Waals surface area (Å²) in [4.78, 5) is 21.6. The predicted molar refractivity (Wildman–Crippen MR) is 244 cm³/mol. The largest absolute Gasteiger partial charge is 0.501 e. The fraction of sp³-hybridized carbons (Fsp3) is 0.362. The van der Waals surface area contributed by atoms with Crippen LogP contribution in [0.5, 0.6) is 11.5 Å². The van der Waals surface area contributed by atoms with Crippen molar-refractivity contribution in [2.24, 2.45) is 11.3 Å². The van der Waals surface area contributed by atoms with Gasteiger partial charge in [0.05, 0.1) is 22.3 Å². The zero-order valence-electron chi connectivity index (χ0n) is 35.8. The number of aromatic nitrogens is 2. The molecule has 1 amide bonds. The maximum atomic E-state index is 14.0. The molecule has 2 aliphatic heterocycles. The van der Waals surface area contributed by atoms with Gasteiger partial charge in [-0.05, 0) is 127 Å². The van der Waals surface area contributed by atoms with E-state index >= 15 is 0 Å². The molecule has 8 rings (SSSR count). The number of alkyl halides is 3. The van der Waals surface area contributed by atoms with Gasteiger partial charge >= 0.3 is 5.51 Å². The zero-order chi connectivity index (χ0) is 46.1. The highest BCUT2D eigenvalue weighted by molar-refractivity contribution is 7.92. The Labute approximate surface area is 381 Å².